The lowest BCUT2D eigenvalue weighted by Crippen LogP contribution is -2.40. The van der Waals surface area contributed by atoms with E-state index < -0.39 is 0 Å². The van der Waals surface area contributed by atoms with Gasteiger partial charge in [0.15, 0.2) is 0 Å². The average Bonchev–Trinajstić information content (AvgIpc) is 3.06. The number of fused-ring (bicyclic) bond motifs is 1. The van der Waals surface area contributed by atoms with Gasteiger partial charge in [-0.25, -0.2) is 0 Å². The molecule has 0 bridgehead atoms. The van der Waals surface area contributed by atoms with Gasteiger partial charge in [0.05, 0.1) is 13.2 Å². The average molecular weight is 476 g/mol. The lowest BCUT2D eigenvalue weighted by Gasteiger charge is -2.26. The van der Waals surface area contributed by atoms with E-state index in [1.807, 2.05) is 30.3 Å². The van der Waals surface area contributed by atoms with Crippen molar-refractivity contribution in [3.05, 3.63) is 63.4 Å². The Morgan fingerprint density at radius 2 is 1.81 bits per heavy atom. The molecule has 1 aliphatic heterocycles. The van der Waals surface area contributed by atoms with E-state index in [9.17, 15) is 9.59 Å². The van der Waals surface area contributed by atoms with Gasteiger partial charge in [0.1, 0.15) is 11.3 Å². The van der Waals surface area contributed by atoms with Crippen LogP contribution >= 0.6 is 22.6 Å². The summed E-state index contributed by atoms with van der Waals surface area (Å²) in [7, 11) is 0. The highest BCUT2D eigenvalue weighted by Crippen LogP contribution is 2.32. The van der Waals surface area contributed by atoms with Crippen molar-refractivity contribution in [1.29, 1.82) is 0 Å². The predicted octanol–water partition coefficient (Wildman–Crippen LogP) is 3.76. The number of para-hydroxylation sites is 1. The smallest absolute Gasteiger partial charge is 0.291 e. The van der Waals surface area contributed by atoms with Gasteiger partial charge in [-0.2, -0.15) is 0 Å². The minimum Gasteiger partial charge on any atom is -0.449 e. The van der Waals surface area contributed by atoms with E-state index >= 15 is 0 Å². The van der Waals surface area contributed by atoms with Crippen molar-refractivity contribution in [2.75, 3.05) is 31.6 Å². The number of hydrogen-bond donors (Lipinski definition) is 1. The zero-order chi connectivity index (χ0) is 18.8. The van der Waals surface area contributed by atoms with Crippen molar-refractivity contribution in [3.8, 4) is 0 Å². The lowest BCUT2D eigenvalue weighted by molar-refractivity contribution is 0.0285. The quantitative estimate of drug-likeness (QED) is 0.585. The molecule has 138 valence electrons. The molecule has 6 nitrogen and oxygen atoms in total. The molecule has 27 heavy (non-hydrogen) atoms. The molecule has 0 atom stereocenters. The van der Waals surface area contributed by atoms with Crippen LogP contribution in [0.15, 0.2) is 52.9 Å². The summed E-state index contributed by atoms with van der Waals surface area (Å²) in [6.45, 7) is 1.99. The van der Waals surface area contributed by atoms with E-state index in [0.29, 0.717) is 48.5 Å². The first-order valence-corrected chi connectivity index (χ1v) is 9.67. The van der Waals surface area contributed by atoms with Gasteiger partial charge in [0, 0.05) is 27.6 Å². The minimum atomic E-state index is -0.281. The summed E-state index contributed by atoms with van der Waals surface area (Å²) < 4.78 is 12.1. The number of carbonyl (C=O) groups excluding carboxylic acids is 2. The van der Waals surface area contributed by atoms with Crippen LogP contribution in [0.1, 0.15) is 20.9 Å². The molecule has 2 aromatic carbocycles. The van der Waals surface area contributed by atoms with E-state index in [1.165, 1.54) is 0 Å². The number of benzene rings is 2. The number of rotatable bonds is 3. The van der Waals surface area contributed by atoms with E-state index in [2.05, 4.69) is 27.9 Å². The van der Waals surface area contributed by atoms with Crippen molar-refractivity contribution < 1.29 is 18.7 Å². The Morgan fingerprint density at radius 1 is 1.04 bits per heavy atom. The van der Waals surface area contributed by atoms with E-state index in [4.69, 9.17) is 9.15 Å². The number of furan rings is 1. The molecular weight excluding hydrogens is 459 g/mol. The molecule has 0 unspecified atom stereocenters. The second-order valence-corrected chi connectivity index (χ2v) is 7.42. The number of nitrogens with one attached hydrogen (secondary N) is 1. The standard InChI is InChI=1S/C20H17IN2O4/c21-14-5-3-4-13(12-14)19(24)22-17-15-6-1-2-7-16(15)27-18(17)20(25)23-8-10-26-11-9-23/h1-7,12H,8-11H2,(H,22,24). The monoisotopic (exact) mass is 476 g/mol. The molecule has 4 rings (SSSR count). The second kappa shape index (κ2) is 7.69. The molecule has 1 aromatic heterocycles. The Balaban J connectivity index is 1.72. The zero-order valence-electron chi connectivity index (χ0n) is 14.4. The van der Waals surface area contributed by atoms with Gasteiger partial charge in [-0.1, -0.05) is 18.2 Å². The molecule has 1 saturated heterocycles. The fourth-order valence-electron chi connectivity index (χ4n) is 3.05. The third-order valence-electron chi connectivity index (χ3n) is 4.41. The molecule has 0 spiro atoms. The van der Waals surface area contributed by atoms with Crippen LogP contribution < -0.4 is 5.32 Å². The van der Waals surface area contributed by atoms with Gasteiger partial charge >= 0.3 is 0 Å². The summed E-state index contributed by atoms with van der Waals surface area (Å²) in [6, 6.07) is 14.6. The lowest BCUT2D eigenvalue weighted by atomic mass is 10.1. The van der Waals surface area contributed by atoms with Gasteiger partial charge in [-0.3, -0.25) is 9.59 Å². The van der Waals surface area contributed by atoms with Crippen molar-refractivity contribution in [3.63, 3.8) is 0 Å². The van der Waals surface area contributed by atoms with Crippen LogP contribution in [0.4, 0.5) is 5.69 Å². The number of carbonyl (C=O) groups is 2. The van der Waals surface area contributed by atoms with Crippen molar-refractivity contribution in [2.24, 2.45) is 0 Å². The van der Waals surface area contributed by atoms with E-state index in [1.54, 1.807) is 23.1 Å². The van der Waals surface area contributed by atoms with Crippen LogP contribution in [0.25, 0.3) is 11.0 Å². The van der Waals surface area contributed by atoms with Crippen molar-refractivity contribution in [1.82, 2.24) is 4.90 Å². The number of ether oxygens (including phenoxy) is 1. The summed E-state index contributed by atoms with van der Waals surface area (Å²) in [4.78, 5) is 27.4. The molecular formula is C20H17IN2O4. The number of morpholine rings is 1. The number of nitrogens with zero attached hydrogens (tertiary/aromatic N) is 1. The van der Waals surface area contributed by atoms with E-state index in [0.717, 1.165) is 3.57 Å². The maximum Gasteiger partial charge on any atom is 0.291 e. The molecule has 0 aliphatic carbocycles. The van der Waals surface area contributed by atoms with Crippen LogP contribution in [0.2, 0.25) is 0 Å². The van der Waals surface area contributed by atoms with Crippen LogP contribution in [-0.4, -0.2) is 43.0 Å². The first-order chi connectivity index (χ1) is 13.1. The summed E-state index contributed by atoms with van der Waals surface area (Å²) in [5.41, 5.74) is 1.50. The third-order valence-corrected chi connectivity index (χ3v) is 5.08. The summed E-state index contributed by atoms with van der Waals surface area (Å²) in [5.74, 6) is -0.374. The van der Waals surface area contributed by atoms with Crippen LogP contribution in [-0.2, 0) is 4.74 Å². The number of anilines is 1. The Morgan fingerprint density at radius 3 is 2.59 bits per heavy atom. The Hall–Kier alpha value is -2.39. The third kappa shape index (κ3) is 3.70. The highest BCUT2D eigenvalue weighted by Gasteiger charge is 2.27. The van der Waals surface area contributed by atoms with Gasteiger partial charge in [-0.05, 0) is 52.9 Å². The number of amides is 2. The Labute approximate surface area is 169 Å². The van der Waals surface area contributed by atoms with Crippen LogP contribution in [0.5, 0.6) is 0 Å². The molecule has 7 heteroatoms. The van der Waals surface area contributed by atoms with Gasteiger partial charge in [0.2, 0.25) is 5.76 Å². The van der Waals surface area contributed by atoms with Crippen molar-refractivity contribution >= 4 is 51.1 Å². The fourth-order valence-corrected chi connectivity index (χ4v) is 3.59. The fraction of sp³-hybridized carbons (Fsp3) is 0.200. The largest absolute Gasteiger partial charge is 0.449 e. The molecule has 0 radical (unpaired) electrons. The first kappa shape index (κ1) is 18.0. The number of halogens is 1. The SMILES string of the molecule is O=C(Nc1c(C(=O)N2CCOCC2)oc2ccccc12)c1cccc(I)c1. The van der Waals surface area contributed by atoms with Crippen molar-refractivity contribution in [2.45, 2.75) is 0 Å². The van der Waals surface area contributed by atoms with Gasteiger partial charge in [-0.15, -0.1) is 0 Å². The first-order valence-electron chi connectivity index (χ1n) is 8.59. The predicted molar refractivity (Wildman–Crippen MR) is 110 cm³/mol. The zero-order valence-corrected chi connectivity index (χ0v) is 16.6. The van der Waals surface area contributed by atoms with Crippen LogP contribution in [0.3, 0.4) is 0 Å². The van der Waals surface area contributed by atoms with E-state index in [-0.39, 0.29) is 17.6 Å². The summed E-state index contributed by atoms with van der Waals surface area (Å²) >= 11 is 2.16. The molecule has 0 saturated carbocycles. The summed E-state index contributed by atoms with van der Waals surface area (Å²) in [5, 5.41) is 3.58. The molecule has 2 heterocycles. The molecule has 1 N–H and O–H groups in total. The molecule has 2 amide bonds. The molecule has 3 aromatic rings. The molecule has 1 fully saturated rings. The topological polar surface area (TPSA) is 71.8 Å². The second-order valence-electron chi connectivity index (χ2n) is 6.17. The van der Waals surface area contributed by atoms with Gasteiger partial charge in [0.25, 0.3) is 11.8 Å². The maximum absolute atomic E-state index is 13.0. The molecule has 1 aliphatic rings. The highest BCUT2D eigenvalue weighted by molar-refractivity contribution is 14.1. The van der Waals surface area contributed by atoms with Gasteiger partial charge < -0.3 is 19.4 Å². The normalized spacial score (nSPS) is 14.3. The minimum absolute atomic E-state index is 0.150. The number of hydrogen-bond acceptors (Lipinski definition) is 4. The summed E-state index contributed by atoms with van der Waals surface area (Å²) in [6.07, 6.45) is 0. The maximum atomic E-state index is 13.0. The Bertz CT molecular complexity index is 1010. The Kier molecular flexibility index (Phi) is 5.13. The highest BCUT2D eigenvalue weighted by atomic mass is 127. The van der Waals surface area contributed by atoms with Crippen LogP contribution in [0, 0.1) is 3.57 Å².